The van der Waals surface area contributed by atoms with Crippen molar-refractivity contribution in [1.29, 1.82) is 0 Å². The molecule has 2 heterocycles. The summed E-state index contributed by atoms with van der Waals surface area (Å²) in [5.41, 5.74) is 2.26. The normalized spacial score (nSPS) is 23.7. The molecule has 6 nitrogen and oxygen atoms in total. The average Bonchev–Trinajstić information content (AvgIpc) is 3.08. The first kappa shape index (κ1) is 22.3. The number of hydrogen-bond donors (Lipinski definition) is 2. The highest BCUT2D eigenvalue weighted by molar-refractivity contribution is 8.13. The second kappa shape index (κ2) is 10.5. The Morgan fingerprint density at radius 3 is 2.37 bits per heavy atom. The number of piperazine rings is 1. The third kappa shape index (κ3) is 6.24. The Kier molecular flexibility index (Phi) is 8.66. The van der Waals surface area contributed by atoms with Crippen LogP contribution < -0.4 is 11.2 Å². The van der Waals surface area contributed by atoms with E-state index in [1.165, 1.54) is 5.70 Å². The van der Waals surface area contributed by atoms with Crippen molar-refractivity contribution < 1.29 is 0 Å². The van der Waals surface area contributed by atoms with Crippen LogP contribution in [-0.2, 0) is 0 Å². The zero-order valence-corrected chi connectivity index (χ0v) is 18.4. The van der Waals surface area contributed by atoms with Crippen LogP contribution in [0.15, 0.2) is 29.5 Å². The lowest BCUT2D eigenvalue weighted by Gasteiger charge is -2.41. The highest BCUT2D eigenvalue weighted by Gasteiger charge is 2.25. The Hall–Kier alpha value is -1.02. The SMILES string of the molecule is C=C(NC(=NCC1CCCN1N)SC)C(C)N1CCN(C(=C)C(C)C)CC1. The minimum Gasteiger partial charge on any atom is -0.373 e. The molecule has 2 fully saturated rings. The predicted octanol–water partition coefficient (Wildman–Crippen LogP) is 2.32. The van der Waals surface area contributed by atoms with E-state index < -0.39 is 0 Å². The number of amidine groups is 1. The van der Waals surface area contributed by atoms with Gasteiger partial charge >= 0.3 is 0 Å². The number of nitrogens with zero attached hydrogens (tertiary/aromatic N) is 4. The molecule has 0 aromatic heterocycles. The lowest BCUT2D eigenvalue weighted by atomic mass is 10.1. The van der Waals surface area contributed by atoms with Crippen LogP contribution >= 0.6 is 11.8 Å². The van der Waals surface area contributed by atoms with Crippen molar-refractivity contribution in [2.24, 2.45) is 16.8 Å². The van der Waals surface area contributed by atoms with Gasteiger partial charge in [-0.25, -0.2) is 5.01 Å². The van der Waals surface area contributed by atoms with E-state index in [1.807, 2.05) is 5.01 Å². The summed E-state index contributed by atoms with van der Waals surface area (Å²) >= 11 is 1.63. The summed E-state index contributed by atoms with van der Waals surface area (Å²) in [5, 5.41) is 6.29. The monoisotopic (exact) mass is 394 g/mol. The van der Waals surface area contributed by atoms with Gasteiger partial charge in [-0.1, -0.05) is 38.8 Å². The molecule has 27 heavy (non-hydrogen) atoms. The van der Waals surface area contributed by atoms with Gasteiger partial charge in [-0.3, -0.25) is 15.7 Å². The first-order valence-electron chi connectivity index (χ1n) is 10.1. The zero-order chi connectivity index (χ0) is 20.0. The summed E-state index contributed by atoms with van der Waals surface area (Å²) in [4.78, 5) is 9.64. The average molecular weight is 395 g/mol. The fourth-order valence-corrected chi connectivity index (χ4v) is 4.06. The molecule has 7 heteroatoms. The number of hydrogen-bond acceptors (Lipinski definition) is 6. The number of hydrazine groups is 1. The molecule has 0 saturated carbocycles. The molecule has 0 spiro atoms. The fraction of sp³-hybridized carbons (Fsp3) is 0.750. The predicted molar refractivity (Wildman–Crippen MR) is 119 cm³/mol. The van der Waals surface area contributed by atoms with Crippen LogP contribution in [0, 0.1) is 5.92 Å². The van der Waals surface area contributed by atoms with Crippen molar-refractivity contribution in [3.8, 4) is 0 Å². The van der Waals surface area contributed by atoms with Crippen LogP contribution in [0.2, 0.25) is 0 Å². The van der Waals surface area contributed by atoms with Crippen molar-refractivity contribution in [1.82, 2.24) is 20.1 Å². The van der Waals surface area contributed by atoms with Gasteiger partial charge in [0.25, 0.3) is 0 Å². The minimum absolute atomic E-state index is 0.273. The molecule has 3 N–H and O–H groups in total. The van der Waals surface area contributed by atoms with Crippen LogP contribution in [0.4, 0.5) is 0 Å². The summed E-state index contributed by atoms with van der Waals surface area (Å²) in [6.45, 7) is 21.0. The van der Waals surface area contributed by atoms with E-state index >= 15 is 0 Å². The minimum atomic E-state index is 0.273. The van der Waals surface area contributed by atoms with E-state index in [4.69, 9.17) is 10.8 Å². The quantitative estimate of drug-likeness (QED) is 0.393. The maximum absolute atomic E-state index is 6.01. The second-order valence-electron chi connectivity index (χ2n) is 7.88. The van der Waals surface area contributed by atoms with E-state index in [2.05, 4.69) is 55.3 Å². The van der Waals surface area contributed by atoms with Crippen molar-refractivity contribution in [2.75, 3.05) is 45.5 Å². The lowest BCUT2D eigenvalue weighted by molar-refractivity contribution is 0.129. The summed E-state index contributed by atoms with van der Waals surface area (Å²) in [6.07, 6.45) is 4.34. The fourth-order valence-electron chi connectivity index (χ4n) is 3.62. The molecule has 2 unspecified atom stereocenters. The first-order valence-corrected chi connectivity index (χ1v) is 11.3. The number of nitrogens with one attached hydrogen (secondary N) is 1. The third-order valence-electron chi connectivity index (χ3n) is 5.77. The summed E-state index contributed by atoms with van der Waals surface area (Å²) < 4.78 is 0. The maximum atomic E-state index is 6.01. The van der Waals surface area contributed by atoms with Gasteiger partial charge in [0.15, 0.2) is 5.17 Å². The zero-order valence-electron chi connectivity index (χ0n) is 17.6. The molecule has 2 rings (SSSR count). The van der Waals surface area contributed by atoms with Gasteiger partial charge in [0.2, 0.25) is 0 Å². The van der Waals surface area contributed by atoms with Gasteiger partial charge in [-0.15, -0.1) is 0 Å². The van der Waals surface area contributed by atoms with Crippen LogP contribution in [0.25, 0.3) is 0 Å². The van der Waals surface area contributed by atoms with Crippen molar-refractivity contribution in [2.45, 2.75) is 45.7 Å². The number of allylic oxidation sites excluding steroid dienone is 1. The van der Waals surface area contributed by atoms with Gasteiger partial charge < -0.3 is 10.2 Å². The Labute approximate surface area is 169 Å². The van der Waals surface area contributed by atoms with Gasteiger partial charge in [0, 0.05) is 56.2 Å². The second-order valence-corrected chi connectivity index (χ2v) is 8.67. The Morgan fingerprint density at radius 1 is 1.19 bits per heavy atom. The van der Waals surface area contributed by atoms with Gasteiger partial charge in [-0.05, 0) is 31.9 Å². The van der Waals surface area contributed by atoms with E-state index in [0.717, 1.165) is 63.0 Å². The third-order valence-corrected chi connectivity index (χ3v) is 6.39. The topological polar surface area (TPSA) is 60.1 Å². The number of aliphatic imine (C=N–C) groups is 1. The number of rotatable bonds is 7. The molecule has 0 bridgehead atoms. The van der Waals surface area contributed by atoms with Crippen LogP contribution in [0.3, 0.4) is 0 Å². The molecule has 2 aliphatic rings. The number of thioether (sulfide) groups is 1. The van der Waals surface area contributed by atoms with Crippen molar-refractivity contribution >= 4 is 16.9 Å². The molecular weight excluding hydrogens is 356 g/mol. The highest BCUT2D eigenvalue weighted by atomic mass is 32.2. The summed E-state index contributed by atoms with van der Waals surface area (Å²) in [6, 6.07) is 0.635. The van der Waals surface area contributed by atoms with Crippen molar-refractivity contribution in [3.05, 3.63) is 24.6 Å². The molecule has 2 atom stereocenters. The van der Waals surface area contributed by atoms with E-state index in [-0.39, 0.29) is 6.04 Å². The molecule has 2 saturated heterocycles. The summed E-state index contributed by atoms with van der Waals surface area (Å²) in [7, 11) is 0. The van der Waals surface area contributed by atoms with E-state index in [9.17, 15) is 0 Å². The lowest BCUT2D eigenvalue weighted by Crippen LogP contribution is -2.51. The molecule has 154 valence electrons. The van der Waals surface area contributed by atoms with Gasteiger partial charge in [0.1, 0.15) is 0 Å². The van der Waals surface area contributed by atoms with Crippen LogP contribution in [0.1, 0.15) is 33.6 Å². The molecule has 0 aliphatic carbocycles. The van der Waals surface area contributed by atoms with Gasteiger partial charge in [-0.2, -0.15) is 0 Å². The highest BCUT2D eigenvalue weighted by Crippen LogP contribution is 2.18. The molecule has 0 aromatic rings. The van der Waals surface area contributed by atoms with Crippen LogP contribution in [-0.4, -0.2) is 77.6 Å². The molecule has 0 amide bonds. The molecular formula is C20H38N6S. The maximum Gasteiger partial charge on any atom is 0.160 e. The van der Waals surface area contributed by atoms with E-state index in [0.29, 0.717) is 12.0 Å². The Morgan fingerprint density at radius 2 is 1.85 bits per heavy atom. The molecule has 0 radical (unpaired) electrons. The molecule has 0 aromatic carbocycles. The standard InChI is InChI=1S/C20H38N6S/c1-15(2)17(4)24-10-12-25(13-11-24)18(5)16(3)23-20(27-6)22-14-19-8-7-9-26(19)21/h15,18-19H,3-4,7-14,21H2,1-2,5-6H3,(H,22,23). The molecule has 2 aliphatic heterocycles. The Bertz CT molecular complexity index is 539. The van der Waals surface area contributed by atoms with Gasteiger partial charge in [0.05, 0.1) is 6.54 Å². The van der Waals surface area contributed by atoms with Crippen molar-refractivity contribution in [3.63, 3.8) is 0 Å². The van der Waals surface area contributed by atoms with Crippen LogP contribution in [0.5, 0.6) is 0 Å². The Balaban J connectivity index is 1.82. The smallest absolute Gasteiger partial charge is 0.160 e. The first-order chi connectivity index (χ1) is 12.8. The number of nitrogens with two attached hydrogens (primary N) is 1. The van der Waals surface area contributed by atoms with E-state index in [1.54, 1.807) is 11.8 Å². The largest absolute Gasteiger partial charge is 0.373 e. The summed E-state index contributed by atoms with van der Waals surface area (Å²) in [5.74, 6) is 6.52.